The van der Waals surface area contributed by atoms with E-state index in [9.17, 15) is 18.0 Å². The van der Waals surface area contributed by atoms with Crippen LogP contribution < -0.4 is 11.1 Å². The summed E-state index contributed by atoms with van der Waals surface area (Å²) in [6.07, 6.45) is -3.08. The first-order valence-electron chi connectivity index (χ1n) is 5.56. The number of nitrogens with one attached hydrogen (secondary N) is 1. The molecule has 0 bridgehead atoms. The van der Waals surface area contributed by atoms with Crippen molar-refractivity contribution < 1.29 is 18.0 Å². The standard InChI is InChI=1S/C13H10F3N3O/c14-13(15,16)9-3-1-2-8(6-9)11-5-4-10(7-18-11)19-12(17)20/h1-7H,(H3,17,19,20). The molecule has 1 aromatic carbocycles. The molecule has 0 saturated heterocycles. The minimum absolute atomic E-state index is 0.338. The van der Waals surface area contributed by atoms with Crippen molar-refractivity contribution in [3.8, 4) is 11.3 Å². The molecular formula is C13H10F3N3O. The van der Waals surface area contributed by atoms with Crippen LogP contribution in [0.1, 0.15) is 5.56 Å². The maximum Gasteiger partial charge on any atom is 0.416 e. The molecule has 4 nitrogen and oxygen atoms in total. The van der Waals surface area contributed by atoms with Crippen LogP contribution in [-0.4, -0.2) is 11.0 Å². The van der Waals surface area contributed by atoms with Gasteiger partial charge in [0.25, 0.3) is 0 Å². The molecule has 0 fully saturated rings. The number of anilines is 1. The van der Waals surface area contributed by atoms with Crippen molar-refractivity contribution in [3.63, 3.8) is 0 Å². The van der Waals surface area contributed by atoms with Crippen LogP contribution in [0.2, 0.25) is 0 Å². The number of rotatable bonds is 2. The van der Waals surface area contributed by atoms with Crippen LogP contribution >= 0.6 is 0 Å². The fraction of sp³-hybridized carbons (Fsp3) is 0.0769. The third-order valence-electron chi connectivity index (χ3n) is 2.52. The number of amides is 2. The fourth-order valence-corrected chi connectivity index (χ4v) is 1.64. The second-order valence-electron chi connectivity index (χ2n) is 4.00. The van der Waals surface area contributed by atoms with Gasteiger partial charge in [0, 0.05) is 5.56 Å². The van der Waals surface area contributed by atoms with E-state index in [0.717, 1.165) is 12.1 Å². The van der Waals surface area contributed by atoms with Gasteiger partial charge in [0.2, 0.25) is 0 Å². The lowest BCUT2D eigenvalue weighted by Gasteiger charge is -2.09. The van der Waals surface area contributed by atoms with Crippen molar-refractivity contribution in [3.05, 3.63) is 48.2 Å². The SMILES string of the molecule is NC(=O)Nc1ccc(-c2cccc(C(F)(F)F)c2)nc1. The van der Waals surface area contributed by atoms with Gasteiger partial charge in [-0.25, -0.2) is 4.79 Å². The molecule has 0 aliphatic heterocycles. The Hall–Kier alpha value is -2.57. The third kappa shape index (κ3) is 3.25. The number of hydrogen-bond donors (Lipinski definition) is 2. The van der Waals surface area contributed by atoms with Crippen LogP contribution in [0.25, 0.3) is 11.3 Å². The Morgan fingerprint density at radius 2 is 1.95 bits per heavy atom. The predicted octanol–water partition coefficient (Wildman–Crippen LogP) is 3.26. The Morgan fingerprint density at radius 3 is 2.50 bits per heavy atom. The number of primary amides is 1. The summed E-state index contributed by atoms with van der Waals surface area (Å²) >= 11 is 0. The maximum absolute atomic E-state index is 12.6. The summed E-state index contributed by atoms with van der Waals surface area (Å²) in [6, 6.07) is 7.12. The topological polar surface area (TPSA) is 68.0 Å². The van der Waals surface area contributed by atoms with Gasteiger partial charge in [-0.3, -0.25) is 4.98 Å². The van der Waals surface area contributed by atoms with Gasteiger partial charge in [0.05, 0.1) is 23.1 Å². The number of alkyl halides is 3. The Morgan fingerprint density at radius 1 is 1.20 bits per heavy atom. The fourth-order valence-electron chi connectivity index (χ4n) is 1.64. The highest BCUT2D eigenvalue weighted by molar-refractivity contribution is 5.87. The summed E-state index contributed by atoms with van der Waals surface area (Å²) in [6.45, 7) is 0. The van der Waals surface area contributed by atoms with E-state index in [1.807, 2.05) is 0 Å². The van der Waals surface area contributed by atoms with E-state index in [-0.39, 0.29) is 0 Å². The number of carbonyl (C=O) groups is 1. The molecule has 3 N–H and O–H groups in total. The molecule has 2 amide bonds. The monoisotopic (exact) mass is 281 g/mol. The number of aromatic nitrogens is 1. The first-order chi connectivity index (χ1) is 9.36. The lowest BCUT2D eigenvalue weighted by Crippen LogP contribution is -2.19. The zero-order chi connectivity index (χ0) is 14.8. The van der Waals surface area contributed by atoms with E-state index in [1.54, 1.807) is 0 Å². The second-order valence-corrected chi connectivity index (χ2v) is 4.00. The number of nitrogens with two attached hydrogens (primary N) is 1. The van der Waals surface area contributed by atoms with E-state index >= 15 is 0 Å². The molecule has 0 radical (unpaired) electrons. The molecule has 104 valence electrons. The molecular weight excluding hydrogens is 271 g/mol. The number of pyridine rings is 1. The summed E-state index contributed by atoms with van der Waals surface area (Å²) in [5.74, 6) is 0. The first kappa shape index (κ1) is 13.9. The van der Waals surface area contributed by atoms with Gasteiger partial charge in [-0.1, -0.05) is 12.1 Å². The molecule has 2 rings (SSSR count). The molecule has 0 spiro atoms. The van der Waals surface area contributed by atoms with Gasteiger partial charge >= 0.3 is 12.2 Å². The highest BCUT2D eigenvalue weighted by Gasteiger charge is 2.30. The Labute approximate surface area is 112 Å². The Bertz CT molecular complexity index is 624. The molecule has 2 aromatic rings. The van der Waals surface area contributed by atoms with Crippen LogP contribution in [-0.2, 0) is 6.18 Å². The van der Waals surface area contributed by atoms with Crippen molar-refractivity contribution in [2.45, 2.75) is 6.18 Å². The number of hydrogen-bond acceptors (Lipinski definition) is 2. The van der Waals surface area contributed by atoms with E-state index in [2.05, 4.69) is 10.3 Å². The van der Waals surface area contributed by atoms with Crippen LogP contribution in [0, 0.1) is 0 Å². The molecule has 1 aromatic heterocycles. The van der Waals surface area contributed by atoms with Gasteiger partial charge < -0.3 is 11.1 Å². The second kappa shape index (κ2) is 5.20. The van der Waals surface area contributed by atoms with Crippen LogP contribution in [0.5, 0.6) is 0 Å². The van der Waals surface area contributed by atoms with Gasteiger partial charge in [-0.2, -0.15) is 13.2 Å². The highest BCUT2D eigenvalue weighted by Crippen LogP contribution is 2.31. The predicted molar refractivity (Wildman–Crippen MR) is 67.9 cm³/mol. The van der Waals surface area contributed by atoms with E-state index < -0.39 is 17.8 Å². The maximum atomic E-state index is 12.6. The van der Waals surface area contributed by atoms with Crippen LogP contribution in [0.4, 0.5) is 23.7 Å². The normalized spacial score (nSPS) is 11.2. The zero-order valence-electron chi connectivity index (χ0n) is 10.1. The summed E-state index contributed by atoms with van der Waals surface area (Å²) in [5, 5.41) is 2.32. The van der Waals surface area contributed by atoms with Crippen LogP contribution in [0.15, 0.2) is 42.6 Å². The van der Waals surface area contributed by atoms with Crippen molar-refractivity contribution in [1.29, 1.82) is 0 Å². The summed E-state index contributed by atoms with van der Waals surface area (Å²) in [7, 11) is 0. The largest absolute Gasteiger partial charge is 0.416 e. The molecule has 0 aliphatic carbocycles. The average molecular weight is 281 g/mol. The lowest BCUT2D eigenvalue weighted by atomic mass is 10.1. The number of carbonyl (C=O) groups excluding carboxylic acids is 1. The first-order valence-corrected chi connectivity index (χ1v) is 5.56. The van der Waals surface area contributed by atoms with Crippen molar-refractivity contribution >= 4 is 11.7 Å². The summed E-state index contributed by atoms with van der Waals surface area (Å²) in [4.78, 5) is 14.6. The number of nitrogens with zero attached hydrogens (tertiary/aromatic N) is 1. The van der Waals surface area contributed by atoms with Crippen molar-refractivity contribution in [1.82, 2.24) is 4.98 Å². The van der Waals surface area contributed by atoms with Gasteiger partial charge in [0.15, 0.2) is 0 Å². The van der Waals surface area contributed by atoms with Gasteiger partial charge in [-0.15, -0.1) is 0 Å². The minimum Gasteiger partial charge on any atom is -0.351 e. The number of urea groups is 1. The molecule has 0 atom stereocenters. The Balaban J connectivity index is 2.30. The quantitative estimate of drug-likeness (QED) is 0.887. The minimum atomic E-state index is -4.40. The van der Waals surface area contributed by atoms with E-state index in [4.69, 9.17) is 5.73 Å². The van der Waals surface area contributed by atoms with Crippen LogP contribution in [0.3, 0.4) is 0 Å². The molecule has 20 heavy (non-hydrogen) atoms. The molecule has 0 unspecified atom stereocenters. The summed E-state index contributed by atoms with van der Waals surface area (Å²) in [5.41, 5.74) is 5.27. The van der Waals surface area contributed by atoms with E-state index in [0.29, 0.717) is 16.9 Å². The number of halogens is 3. The van der Waals surface area contributed by atoms with Crippen molar-refractivity contribution in [2.75, 3.05) is 5.32 Å². The Kier molecular flexibility index (Phi) is 3.60. The molecule has 0 saturated carbocycles. The number of benzene rings is 1. The average Bonchev–Trinajstić information content (AvgIpc) is 2.38. The van der Waals surface area contributed by atoms with E-state index in [1.165, 1.54) is 30.5 Å². The third-order valence-corrected chi connectivity index (χ3v) is 2.52. The van der Waals surface area contributed by atoms with Gasteiger partial charge in [0.1, 0.15) is 0 Å². The highest BCUT2D eigenvalue weighted by atomic mass is 19.4. The molecule has 1 heterocycles. The zero-order valence-corrected chi connectivity index (χ0v) is 10.1. The molecule has 0 aliphatic rings. The lowest BCUT2D eigenvalue weighted by molar-refractivity contribution is -0.137. The van der Waals surface area contributed by atoms with Gasteiger partial charge in [-0.05, 0) is 24.3 Å². The van der Waals surface area contributed by atoms with Crippen molar-refractivity contribution in [2.24, 2.45) is 5.73 Å². The summed E-state index contributed by atoms with van der Waals surface area (Å²) < 4.78 is 37.8. The smallest absolute Gasteiger partial charge is 0.351 e. The molecule has 7 heteroatoms.